The van der Waals surface area contributed by atoms with E-state index in [0.717, 1.165) is 22.0 Å². The largest absolute Gasteiger partial charge is 0.478 e. The molecule has 0 bridgehead atoms. The molecule has 1 heterocycles. The van der Waals surface area contributed by atoms with E-state index in [1.807, 2.05) is 26.0 Å². The maximum atomic E-state index is 11.2. The van der Waals surface area contributed by atoms with Crippen molar-refractivity contribution in [2.45, 2.75) is 20.4 Å². The number of benzene rings is 1. The molecule has 2 aromatic rings. The zero-order chi connectivity index (χ0) is 12.6. The molecule has 0 saturated heterocycles. The smallest absolute Gasteiger partial charge is 0.337 e. The number of carboxylic acids is 1. The molecule has 90 valence electrons. The van der Waals surface area contributed by atoms with Crippen LogP contribution in [0.2, 0.25) is 0 Å². The Morgan fingerprint density at radius 1 is 1.29 bits per heavy atom. The molecule has 0 amide bonds. The molecule has 4 nitrogen and oxygen atoms in total. The second-order valence-corrected chi connectivity index (χ2v) is 4.22. The van der Waals surface area contributed by atoms with Gasteiger partial charge in [-0.25, -0.2) is 4.79 Å². The number of hydrogen-bond acceptors (Lipinski definition) is 2. The van der Waals surface area contributed by atoms with Gasteiger partial charge >= 0.3 is 5.97 Å². The molecule has 0 spiro atoms. The highest BCUT2D eigenvalue weighted by Gasteiger charge is 2.14. The third-order valence-corrected chi connectivity index (χ3v) is 3.07. The van der Waals surface area contributed by atoms with E-state index in [-0.39, 0.29) is 12.2 Å². The highest BCUT2D eigenvalue weighted by molar-refractivity contribution is 6.03. The Morgan fingerprint density at radius 2 is 1.94 bits per heavy atom. The summed E-state index contributed by atoms with van der Waals surface area (Å²) in [5.41, 5.74) is 3.34. The van der Waals surface area contributed by atoms with Gasteiger partial charge in [-0.2, -0.15) is 0 Å². The lowest BCUT2D eigenvalue weighted by Gasteiger charge is -2.05. The number of carbonyl (C=O) groups is 1. The average Bonchev–Trinajstić information content (AvgIpc) is 2.59. The third kappa shape index (κ3) is 1.91. The molecular weight excluding hydrogens is 218 g/mol. The van der Waals surface area contributed by atoms with Crippen molar-refractivity contribution >= 4 is 16.9 Å². The zero-order valence-electron chi connectivity index (χ0n) is 9.90. The normalized spacial score (nSPS) is 11.0. The van der Waals surface area contributed by atoms with Gasteiger partial charge in [-0.3, -0.25) is 0 Å². The summed E-state index contributed by atoms with van der Waals surface area (Å²) in [5.74, 6) is -0.935. The number of fused-ring (bicyclic) bond motifs is 1. The maximum absolute atomic E-state index is 11.2. The van der Waals surface area contributed by atoms with E-state index in [2.05, 4.69) is 0 Å². The number of aromatic carboxylic acids is 1. The van der Waals surface area contributed by atoms with Crippen LogP contribution in [-0.4, -0.2) is 27.4 Å². The van der Waals surface area contributed by atoms with Gasteiger partial charge in [0.2, 0.25) is 0 Å². The van der Waals surface area contributed by atoms with Crippen LogP contribution in [0.4, 0.5) is 0 Å². The molecule has 1 aromatic carbocycles. The molecule has 0 unspecified atom stereocenters. The summed E-state index contributed by atoms with van der Waals surface area (Å²) in [7, 11) is 0. The minimum atomic E-state index is -0.935. The first kappa shape index (κ1) is 11.7. The van der Waals surface area contributed by atoms with E-state index in [0.29, 0.717) is 6.54 Å². The van der Waals surface area contributed by atoms with Crippen molar-refractivity contribution in [3.8, 4) is 0 Å². The van der Waals surface area contributed by atoms with E-state index >= 15 is 0 Å². The summed E-state index contributed by atoms with van der Waals surface area (Å²) in [5, 5.41) is 18.9. The molecule has 0 aliphatic rings. The molecule has 2 N–H and O–H groups in total. The van der Waals surface area contributed by atoms with Crippen molar-refractivity contribution in [1.82, 2.24) is 4.57 Å². The van der Waals surface area contributed by atoms with E-state index < -0.39 is 5.97 Å². The Morgan fingerprint density at radius 3 is 2.53 bits per heavy atom. The summed E-state index contributed by atoms with van der Waals surface area (Å²) in [6.07, 6.45) is 1.59. The van der Waals surface area contributed by atoms with Gasteiger partial charge in [-0.05, 0) is 37.1 Å². The molecule has 0 aliphatic heterocycles. The van der Waals surface area contributed by atoms with Crippen molar-refractivity contribution in [1.29, 1.82) is 0 Å². The topological polar surface area (TPSA) is 62.5 Å². The van der Waals surface area contributed by atoms with Gasteiger partial charge in [-0.1, -0.05) is 0 Å². The van der Waals surface area contributed by atoms with Crippen LogP contribution < -0.4 is 0 Å². The van der Waals surface area contributed by atoms with Gasteiger partial charge in [0.25, 0.3) is 0 Å². The highest BCUT2D eigenvalue weighted by atomic mass is 16.4. The van der Waals surface area contributed by atoms with Crippen LogP contribution in [0.1, 0.15) is 21.5 Å². The molecule has 0 aliphatic carbocycles. The fraction of sp³-hybridized carbons (Fsp3) is 0.308. The van der Waals surface area contributed by atoms with Crippen LogP contribution in [-0.2, 0) is 6.54 Å². The number of hydrogen-bond donors (Lipinski definition) is 2. The van der Waals surface area contributed by atoms with E-state index in [9.17, 15) is 4.79 Å². The van der Waals surface area contributed by atoms with Crippen LogP contribution in [0.15, 0.2) is 18.3 Å². The van der Waals surface area contributed by atoms with Gasteiger partial charge in [0.15, 0.2) is 0 Å². The predicted octanol–water partition coefficient (Wildman–Crippen LogP) is 1.95. The molecule has 0 saturated carbocycles. The van der Waals surface area contributed by atoms with Crippen LogP contribution >= 0.6 is 0 Å². The molecule has 2 rings (SSSR count). The standard InChI is InChI=1S/C13H15NO3/c1-8-5-10-11(13(16)17)7-14(3-4-15)12(10)6-9(8)2/h5-7,15H,3-4H2,1-2H3,(H,16,17). The Labute approximate surface area is 99.1 Å². The lowest BCUT2D eigenvalue weighted by atomic mass is 10.1. The lowest BCUT2D eigenvalue weighted by Crippen LogP contribution is -2.00. The maximum Gasteiger partial charge on any atom is 0.337 e. The van der Waals surface area contributed by atoms with Gasteiger partial charge in [0.05, 0.1) is 12.2 Å². The molecule has 0 radical (unpaired) electrons. The Bertz CT molecular complexity index is 584. The molecular formula is C13H15NO3. The Kier molecular flexibility index (Phi) is 2.90. The molecule has 0 fully saturated rings. The van der Waals surface area contributed by atoms with Crippen molar-refractivity contribution in [2.75, 3.05) is 6.61 Å². The second kappa shape index (κ2) is 4.22. The monoisotopic (exact) mass is 233 g/mol. The van der Waals surface area contributed by atoms with Gasteiger partial charge in [0, 0.05) is 23.6 Å². The van der Waals surface area contributed by atoms with Crippen LogP contribution in [0.5, 0.6) is 0 Å². The fourth-order valence-electron chi connectivity index (χ4n) is 2.01. The first-order valence-corrected chi connectivity index (χ1v) is 5.49. The number of rotatable bonds is 3. The summed E-state index contributed by atoms with van der Waals surface area (Å²) in [4.78, 5) is 11.2. The van der Waals surface area contributed by atoms with Crippen molar-refractivity contribution in [3.05, 3.63) is 35.0 Å². The quantitative estimate of drug-likeness (QED) is 0.851. The second-order valence-electron chi connectivity index (χ2n) is 4.22. The predicted molar refractivity (Wildman–Crippen MR) is 65.5 cm³/mol. The minimum absolute atomic E-state index is 0.00420. The first-order chi connectivity index (χ1) is 8.04. The van der Waals surface area contributed by atoms with Crippen LogP contribution in [0.25, 0.3) is 10.9 Å². The average molecular weight is 233 g/mol. The summed E-state index contributed by atoms with van der Waals surface area (Å²) in [6, 6.07) is 3.86. The minimum Gasteiger partial charge on any atom is -0.478 e. The summed E-state index contributed by atoms with van der Waals surface area (Å²) >= 11 is 0. The van der Waals surface area contributed by atoms with Crippen molar-refractivity contribution < 1.29 is 15.0 Å². The Balaban J connectivity index is 2.76. The SMILES string of the molecule is Cc1cc2c(C(=O)O)cn(CCO)c2cc1C. The molecule has 0 atom stereocenters. The van der Waals surface area contributed by atoms with E-state index in [4.69, 9.17) is 10.2 Å². The van der Waals surface area contributed by atoms with Gasteiger partial charge in [-0.15, -0.1) is 0 Å². The Hall–Kier alpha value is -1.81. The van der Waals surface area contributed by atoms with E-state index in [1.165, 1.54) is 0 Å². The number of aryl methyl sites for hydroxylation is 2. The molecule has 17 heavy (non-hydrogen) atoms. The van der Waals surface area contributed by atoms with Gasteiger partial charge in [0.1, 0.15) is 0 Å². The molecule has 1 aromatic heterocycles. The number of carboxylic acid groups (broad SMARTS) is 1. The molecule has 4 heteroatoms. The third-order valence-electron chi connectivity index (χ3n) is 3.07. The van der Waals surface area contributed by atoms with Crippen molar-refractivity contribution in [2.24, 2.45) is 0 Å². The highest BCUT2D eigenvalue weighted by Crippen LogP contribution is 2.25. The number of aromatic nitrogens is 1. The summed E-state index contributed by atoms with van der Waals surface area (Å²) < 4.78 is 1.78. The van der Waals surface area contributed by atoms with Crippen LogP contribution in [0, 0.1) is 13.8 Å². The van der Waals surface area contributed by atoms with Gasteiger partial charge < -0.3 is 14.8 Å². The number of aliphatic hydroxyl groups excluding tert-OH is 1. The summed E-state index contributed by atoms with van der Waals surface area (Å²) in [6.45, 7) is 4.36. The number of aliphatic hydroxyl groups is 1. The zero-order valence-corrected chi connectivity index (χ0v) is 9.90. The number of nitrogens with zero attached hydrogens (tertiary/aromatic N) is 1. The van der Waals surface area contributed by atoms with Crippen molar-refractivity contribution in [3.63, 3.8) is 0 Å². The lowest BCUT2D eigenvalue weighted by molar-refractivity contribution is 0.0698. The first-order valence-electron chi connectivity index (χ1n) is 5.49. The van der Waals surface area contributed by atoms with Crippen LogP contribution in [0.3, 0.4) is 0 Å². The van der Waals surface area contributed by atoms with E-state index in [1.54, 1.807) is 10.8 Å². The fourth-order valence-corrected chi connectivity index (χ4v) is 2.01.